The molecule has 0 saturated carbocycles. The lowest BCUT2D eigenvalue weighted by molar-refractivity contribution is -0.117. The van der Waals surface area contributed by atoms with Crippen molar-refractivity contribution in [1.29, 1.82) is 0 Å². The van der Waals surface area contributed by atoms with E-state index in [0.717, 1.165) is 47.3 Å². The Labute approximate surface area is 195 Å². The van der Waals surface area contributed by atoms with Gasteiger partial charge < -0.3 is 10.2 Å². The minimum atomic E-state index is -0.348. The van der Waals surface area contributed by atoms with Gasteiger partial charge in [0.1, 0.15) is 0 Å². The third kappa shape index (κ3) is 5.26. The molecule has 2 aromatic carbocycles. The number of allylic oxidation sites excluding steroid dienone is 1. The average molecular weight is 446 g/mol. The van der Waals surface area contributed by atoms with Gasteiger partial charge in [0.25, 0.3) is 0 Å². The molecule has 7 heteroatoms. The number of benzene rings is 2. The van der Waals surface area contributed by atoms with Gasteiger partial charge in [-0.1, -0.05) is 43.2 Å². The van der Waals surface area contributed by atoms with Gasteiger partial charge in [-0.25, -0.2) is 0 Å². The Bertz CT molecular complexity index is 1070. The van der Waals surface area contributed by atoms with E-state index >= 15 is 0 Å². The molecular formula is C26H31N5O2. The van der Waals surface area contributed by atoms with Gasteiger partial charge in [0, 0.05) is 35.7 Å². The average Bonchev–Trinajstić information content (AvgIpc) is 2.80. The fourth-order valence-corrected chi connectivity index (χ4v) is 4.65. The number of carbonyl (C=O) groups is 2. The van der Waals surface area contributed by atoms with E-state index in [-0.39, 0.29) is 29.8 Å². The molecule has 3 atom stereocenters. The number of fused-ring (bicyclic) bond motifs is 1. The van der Waals surface area contributed by atoms with E-state index in [2.05, 4.69) is 21.9 Å². The van der Waals surface area contributed by atoms with Gasteiger partial charge in [-0.05, 0) is 71.7 Å². The molecule has 2 aromatic rings. The molecule has 0 spiro atoms. The molecule has 0 bridgehead atoms. The summed E-state index contributed by atoms with van der Waals surface area (Å²) < 4.78 is 0. The second-order valence-corrected chi connectivity index (χ2v) is 8.45. The summed E-state index contributed by atoms with van der Waals surface area (Å²) in [6.07, 6.45) is 4.65. The van der Waals surface area contributed by atoms with Crippen LogP contribution < -0.4 is 10.2 Å². The van der Waals surface area contributed by atoms with Crippen LogP contribution >= 0.6 is 0 Å². The Hall–Kier alpha value is -3.57. The van der Waals surface area contributed by atoms with Crippen LogP contribution in [0.5, 0.6) is 0 Å². The van der Waals surface area contributed by atoms with Crippen molar-refractivity contribution in [2.75, 3.05) is 10.2 Å². The van der Waals surface area contributed by atoms with Crippen LogP contribution in [0, 0.1) is 5.92 Å². The van der Waals surface area contributed by atoms with E-state index in [4.69, 9.17) is 0 Å². The summed E-state index contributed by atoms with van der Waals surface area (Å²) in [4.78, 5) is 29.5. The summed E-state index contributed by atoms with van der Waals surface area (Å²) in [7, 11) is 0. The van der Waals surface area contributed by atoms with Gasteiger partial charge in [-0.2, -0.15) is 0 Å². The zero-order valence-electron chi connectivity index (χ0n) is 19.5. The summed E-state index contributed by atoms with van der Waals surface area (Å²) in [6.45, 7) is 9.33. The van der Waals surface area contributed by atoms with Crippen LogP contribution in [0.3, 0.4) is 0 Å². The first-order valence-corrected chi connectivity index (χ1v) is 11.4. The molecule has 0 fully saturated rings. The Morgan fingerprint density at radius 2 is 1.91 bits per heavy atom. The van der Waals surface area contributed by atoms with Crippen LogP contribution in [0.1, 0.15) is 58.1 Å². The van der Waals surface area contributed by atoms with E-state index in [9.17, 15) is 15.1 Å². The second-order valence-electron chi connectivity index (χ2n) is 8.45. The number of hydrogen-bond donors (Lipinski definition) is 1. The molecule has 0 aliphatic carbocycles. The highest BCUT2D eigenvalue weighted by molar-refractivity contribution is 5.94. The Morgan fingerprint density at radius 3 is 2.52 bits per heavy atom. The van der Waals surface area contributed by atoms with Gasteiger partial charge >= 0.3 is 0 Å². The Morgan fingerprint density at radius 1 is 1.21 bits per heavy atom. The number of rotatable bonds is 8. The first-order chi connectivity index (χ1) is 15.9. The highest BCUT2D eigenvalue weighted by atomic mass is 16.2. The van der Waals surface area contributed by atoms with Gasteiger partial charge in [0.15, 0.2) is 0 Å². The molecule has 0 aromatic heterocycles. The first-order valence-electron chi connectivity index (χ1n) is 11.4. The smallest absolute Gasteiger partial charge is 0.224 e. The Kier molecular flexibility index (Phi) is 7.91. The summed E-state index contributed by atoms with van der Waals surface area (Å²) in [5.41, 5.74) is 13.5. The van der Waals surface area contributed by atoms with Crippen molar-refractivity contribution in [1.82, 2.24) is 0 Å². The van der Waals surface area contributed by atoms with E-state index < -0.39 is 0 Å². The summed E-state index contributed by atoms with van der Waals surface area (Å²) in [6, 6.07) is 13.2. The number of nitrogens with zero attached hydrogens (tertiary/aromatic N) is 4. The lowest BCUT2D eigenvalue weighted by atomic mass is 9.80. The zero-order valence-corrected chi connectivity index (χ0v) is 19.5. The maximum Gasteiger partial charge on any atom is 0.224 e. The van der Waals surface area contributed by atoms with Crippen molar-refractivity contribution in [3.05, 3.63) is 71.1 Å². The molecule has 2 amide bonds. The normalized spacial score (nSPS) is 19.2. The highest BCUT2D eigenvalue weighted by Crippen LogP contribution is 2.45. The minimum Gasteiger partial charge on any atom is -0.326 e. The molecule has 0 unspecified atom stereocenters. The fourth-order valence-electron chi connectivity index (χ4n) is 4.65. The van der Waals surface area contributed by atoms with E-state index in [1.165, 1.54) is 0 Å². The van der Waals surface area contributed by atoms with Crippen molar-refractivity contribution in [2.24, 2.45) is 11.0 Å². The van der Waals surface area contributed by atoms with Crippen LogP contribution in [0.4, 0.5) is 11.4 Å². The number of anilines is 2. The van der Waals surface area contributed by atoms with Crippen molar-refractivity contribution in [3.8, 4) is 11.1 Å². The zero-order chi connectivity index (χ0) is 24.0. The van der Waals surface area contributed by atoms with Crippen molar-refractivity contribution >= 4 is 23.2 Å². The summed E-state index contributed by atoms with van der Waals surface area (Å²) >= 11 is 0. The first kappa shape index (κ1) is 24.1. The second kappa shape index (κ2) is 10.8. The van der Waals surface area contributed by atoms with Crippen LogP contribution in [0.2, 0.25) is 0 Å². The van der Waals surface area contributed by atoms with Crippen LogP contribution in [0.15, 0.2) is 60.2 Å². The standard InChI is InChI=1S/C26H31N5O2/c1-5-7-8-9-25(33)28-21-13-10-19(11-14-21)20-12-15-24-22(16-20)26(29-30-27)17(3)23(6-2)31(24)18(4)32/h5,10-17,23,26H,1,6-9H2,2-4H3,(H,28,33)/t17-,23+,26+/m0/s1. The van der Waals surface area contributed by atoms with E-state index in [1.54, 1.807) is 6.92 Å². The molecule has 33 heavy (non-hydrogen) atoms. The maximum absolute atomic E-state index is 12.5. The lowest BCUT2D eigenvalue weighted by Gasteiger charge is -2.43. The quantitative estimate of drug-likeness (QED) is 0.159. The van der Waals surface area contributed by atoms with E-state index in [0.29, 0.717) is 6.42 Å². The van der Waals surface area contributed by atoms with Gasteiger partial charge in [-0.15, -0.1) is 6.58 Å². The maximum atomic E-state index is 12.5. The molecule has 3 rings (SSSR count). The third-order valence-electron chi connectivity index (χ3n) is 6.29. The monoisotopic (exact) mass is 445 g/mol. The molecule has 0 saturated heterocycles. The molecule has 172 valence electrons. The van der Waals surface area contributed by atoms with Crippen molar-refractivity contribution in [2.45, 2.75) is 58.5 Å². The third-order valence-corrected chi connectivity index (χ3v) is 6.29. The van der Waals surface area contributed by atoms with Gasteiger partial charge in [0.2, 0.25) is 11.8 Å². The number of unbranched alkanes of at least 4 members (excludes halogenated alkanes) is 1. The molecule has 0 radical (unpaired) electrons. The number of hydrogen-bond acceptors (Lipinski definition) is 3. The predicted molar refractivity (Wildman–Crippen MR) is 133 cm³/mol. The number of carbonyl (C=O) groups excluding carboxylic acids is 2. The molecular weight excluding hydrogens is 414 g/mol. The summed E-state index contributed by atoms with van der Waals surface area (Å²) in [5.74, 6) is -0.0362. The van der Waals surface area contributed by atoms with Crippen LogP contribution in [-0.4, -0.2) is 17.9 Å². The minimum absolute atomic E-state index is 0.00349. The van der Waals surface area contributed by atoms with Gasteiger partial charge in [-0.3, -0.25) is 9.59 Å². The van der Waals surface area contributed by atoms with Crippen LogP contribution in [-0.2, 0) is 9.59 Å². The number of nitrogens with one attached hydrogen (secondary N) is 1. The SMILES string of the molecule is C=CCCCC(=O)Nc1ccc(-c2ccc3c(c2)[C@H](N=[N+]=[N-])[C@@H](C)[C@@H](CC)N3C(C)=O)cc1. The molecule has 1 heterocycles. The molecule has 1 aliphatic rings. The number of amides is 2. The summed E-state index contributed by atoms with van der Waals surface area (Å²) in [5, 5.41) is 7.02. The largest absolute Gasteiger partial charge is 0.326 e. The highest BCUT2D eigenvalue weighted by Gasteiger charge is 2.39. The molecule has 7 nitrogen and oxygen atoms in total. The van der Waals surface area contributed by atoms with Gasteiger partial charge in [0.05, 0.1) is 6.04 Å². The molecule has 1 N–H and O–H groups in total. The Balaban J connectivity index is 1.91. The fraction of sp³-hybridized carbons (Fsp3) is 0.385. The molecule has 1 aliphatic heterocycles. The topological polar surface area (TPSA) is 98.2 Å². The lowest BCUT2D eigenvalue weighted by Crippen LogP contribution is -2.48. The van der Waals surface area contributed by atoms with E-state index in [1.807, 2.05) is 67.3 Å². The van der Waals surface area contributed by atoms with Crippen molar-refractivity contribution in [3.63, 3.8) is 0 Å². The van der Waals surface area contributed by atoms with Crippen LogP contribution in [0.25, 0.3) is 21.6 Å². The predicted octanol–water partition coefficient (Wildman–Crippen LogP) is 6.78. The van der Waals surface area contributed by atoms with Crippen molar-refractivity contribution < 1.29 is 9.59 Å². The number of azide groups is 1.